The molecule has 98 valence electrons. The largest absolute Gasteiger partial charge is 0.393 e. The molecule has 1 aromatic heterocycles. The van der Waals surface area contributed by atoms with E-state index in [4.69, 9.17) is 0 Å². The fourth-order valence-electron chi connectivity index (χ4n) is 1.93. The Balaban J connectivity index is 2.03. The Morgan fingerprint density at radius 1 is 1.39 bits per heavy atom. The van der Waals surface area contributed by atoms with Crippen LogP contribution in [0.25, 0.3) is 0 Å². The first-order chi connectivity index (χ1) is 8.56. The summed E-state index contributed by atoms with van der Waals surface area (Å²) in [7, 11) is 0. The van der Waals surface area contributed by atoms with Gasteiger partial charge in [0, 0.05) is 25.4 Å². The number of carbonyl (C=O) groups is 1. The number of carbonyl (C=O) groups excluding carboxylic acids is 1. The van der Waals surface area contributed by atoms with E-state index in [1.807, 2.05) is 0 Å². The van der Waals surface area contributed by atoms with Crippen molar-refractivity contribution in [2.24, 2.45) is 0 Å². The zero-order chi connectivity index (χ0) is 13.1. The first-order valence-electron chi connectivity index (χ1n) is 5.82. The Hall–Kier alpha value is -1.89. The smallest absolute Gasteiger partial charge is 0.328 e. The van der Waals surface area contributed by atoms with E-state index in [-0.39, 0.29) is 18.6 Å². The number of rotatable bonds is 2. The molecule has 2 heterocycles. The zero-order valence-corrected chi connectivity index (χ0v) is 9.83. The van der Waals surface area contributed by atoms with Crippen molar-refractivity contribution in [2.75, 3.05) is 13.1 Å². The third kappa shape index (κ3) is 2.86. The molecule has 18 heavy (non-hydrogen) atoms. The molecule has 1 aromatic rings. The summed E-state index contributed by atoms with van der Waals surface area (Å²) in [5, 5.41) is 9.34. The molecule has 0 aromatic carbocycles. The van der Waals surface area contributed by atoms with Gasteiger partial charge in [0.15, 0.2) is 0 Å². The Kier molecular flexibility index (Phi) is 3.61. The topological polar surface area (TPSA) is 95.4 Å². The maximum atomic E-state index is 11.9. The lowest BCUT2D eigenvalue weighted by Gasteiger charge is -2.29. The van der Waals surface area contributed by atoms with Gasteiger partial charge in [-0.05, 0) is 12.8 Å². The highest BCUT2D eigenvalue weighted by molar-refractivity contribution is 5.76. The second kappa shape index (κ2) is 5.18. The lowest BCUT2D eigenvalue weighted by Crippen LogP contribution is -2.43. The lowest BCUT2D eigenvalue weighted by molar-refractivity contribution is -0.133. The molecule has 0 unspecified atom stereocenters. The van der Waals surface area contributed by atoms with Crippen LogP contribution in [-0.4, -0.2) is 44.7 Å². The maximum Gasteiger partial charge on any atom is 0.328 e. The van der Waals surface area contributed by atoms with Crippen molar-refractivity contribution in [1.82, 2.24) is 14.5 Å². The fourth-order valence-corrected chi connectivity index (χ4v) is 1.93. The third-order valence-corrected chi connectivity index (χ3v) is 3.02. The minimum absolute atomic E-state index is 0.0916. The second-order valence-electron chi connectivity index (χ2n) is 4.35. The van der Waals surface area contributed by atoms with E-state index in [0.717, 1.165) is 4.57 Å². The molecule has 0 bridgehead atoms. The van der Waals surface area contributed by atoms with Gasteiger partial charge in [-0.15, -0.1) is 0 Å². The Labute approximate surface area is 103 Å². The number of amides is 1. The van der Waals surface area contributed by atoms with Crippen LogP contribution in [0.1, 0.15) is 12.8 Å². The van der Waals surface area contributed by atoms with Crippen LogP contribution < -0.4 is 11.2 Å². The van der Waals surface area contributed by atoms with Crippen LogP contribution >= 0.6 is 0 Å². The molecule has 1 saturated heterocycles. The number of aromatic nitrogens is 2. The van der Waals surface area contributed by atoms with Crippen molar-refractivity contribution in [1.29, 1.82) is 0 Å². The molecule has 7 heteroatoms. The predicted molar refractivity (Wildman–Crippen MR) is 63.1 cm³/mol. The van der Waals surface area contributed by atoms with Gasteiger partial charge in [0.2, 0.25) is 5.91 Å². The van der Waals surface area contributed by atoms with Crippen LogP contribution in [0.3, 0.4) is 0 Å². The molecule has 0 atom stereocenters. The molecular formula is C11H15N3O4. The van der Waals surface area contributed by atoms with Crippen molar-refractivity contribution in [2.45, 2.75) is 25.5 Å². The van der Waals surface area contributed by atoms with Gasteiger partial charge < -0.3 is 10.0 Å². The van der Waals surface area contributed by atoms with E-state index in [1.54, 1.807) is 4.90 Å². The van der Waals surface area contributed by atoms with E-state index < -0.39 is 11.2 Å². The predicted octanol–water partition coefficient (Wildman–Crippen LogP) is -1.48. The van der Waals surface area contributed by atoms with E-state index >= 15 is 0 Å². The number of piperidine rings is 1. The first kappa shape index (κ1) is 12.6. The van der Waals surface area contributed by atoms with Crippen LogP contribution in [0.15, 0.2) is 21.9 Å². The summed E-state index contributed by atoms with van der Waals surface area (Å²) in [6.07, 6.45) is 2.08. The molecule has 7 nitrogen and oxygen atoms in total. The number of aromatic amines is 1. The third-order valence-electron chi connectivity index (χ3n) is 3.02. The Morgan fingerprint density at radius 3 is 2.67 bits per heavy atom. The van der Waals surface area contributed by atoms with Crippen molar-refractivity contribution in [3.63, 3.8) is 0 Å². The molecule has 0 spiro atoms. The van der Waals surface area contributed by atoms with Crippen LogP contribution in [0, 0.1) is 0 Å². The van der Waals surface area contributed by atoms with E-state index in [9.17, 15) is 19.5 Å². The number of nitrogens with zero attached hydrogens (tertiary/aromatic N) is 2. The highest BCUT2D eigenvalue weighted by atomic mass is 16.3. The molecule has 1 fully saturated rings. The second-order valence-corrected chi connectivity index (χ2v) is 4.35. The van der Waals surface area contributed by atoms with Crippen LogP contribution in [-0.2, 0) is 11.3 Å². The molecule has 2 N–H and O–H groups in total. The van der Waals surface area contributed by atoms with Gasteiger partial charge in [-0.3, -0.25) is 19.1 Å². The first-order valence-corrected chi connectivity index (χ1v) is 5.82. The molecule has 1 aliphatic heterocycles. The number of aliphatic hydroxyl groups is 1. The molecule has 1 amide bonds. The van der Waals surface area contributed by atoms with Gasteiger partial charge in [0.25, 0.3) is 5.56 Å². The average molecular weight is 253 g/mol. The number of likely N-dealkylation sites (tertiary alicyclic amines) is 1. The summed E-state index contributed by atoms with van der Waals surface area (Å²) in [6, 6.07) is 1.20. The molecular weight excluding hydrogens is 238 g/mol. The summed E-state index contributed by atoms with van der Waals surface area (Å²) in [4.78, 5) is 37.9. The normalized spacial score (nSPS) is 16.8. The Bertz CT molecular complexity index is 540. The van der Waals surface area contributed by atoms with Gasteiger partial charge >= 0.3 is 5.69 Å². The van der Waals surface area contributed by atoms with Gasteiger partial charge in [-0.1, -0.05) is 0 Å². The number of nitrogens with one attached hydrogen (secondary N) is 1. The Morgan fingerprint density at radius 2 is 2.06 bits per heavy atom. The number of hydrogen-bond acceptors (Lipinski definition) is 4. The molecule has 1 aliphatic rings. The summed E-state index contributed by atoms with van der Waals surface area (Å²) in [5.41, 5.74) is -1.07. The molecule has 0 saturated carbocycles. The molecule has 0 radical (unpaired) electrons. The SMILES string of the molecule is O=C(Cn1ccc(=O)[nH]c1=O)N1CCC(O)CC1. The van der Waals surface area contributed by atoms with E-state index in [2.05, 4.69) is 4.98 Å². The maximum absolute atomic E-state index is 11.9. The fraction of sp³-hybridized carbons (Fsp3) is 0.545. The monoisotopic (exact) mass is 253 g/mol. The van der Waals surface area contributed by atoms with Gasteiger partial charge in [0.05, 0.1) is 6.10 Å². The quantitative estimate of drug-likeness (QED) is 0.672. The number of hydrogen-bond donors (Lipinski definition) is 2. The lowest BCUT2D eigenvalue weighted by atomic mass is 10.1. The molecule has 0 aliphatic carbocycles. The average Bonchev–Trinajstić information content (AvgIpc) is 2.33. The number of H-pyrrole nitrogens is 1. The van der Waals surface area contributed by atoms with Gasteiger partial charge in [-0.2, -0.15) is 0 Å². The summed E-state index contributed by atoms with van der Waals surface area (Å²) < 4.78 is 1.16. The standard InChI is InChI=1S/C11H15N3O4/c15-8-1-4-13(5-2-8)10(17)7-14-6-3-9(16)12-11(14)18/h3,6,8,15H,1-2,4-5,7H2,(H,12,16,18). The summed E-state index contributed by atoms with van der Waals surface area (Å²) in [5.74, 6) is -0.184. The summed E-state index contributed by atoms with van der Waals surface area (Å²) in [6.45, 7) is 0.905. The summed E-state index contributed by atoms with van der Waals surface area (Å²) >= 11 is 0. The zero-order valence-electron chi connectivity index (χ0n) is 9.83. The van der Waals surface area contributed by atoms with Crippen LogP contribution in [0.5, 0.6) is 0 Å². The van der Waals surface area contributed by atoms with E-state index in [0.29, 0.717) is 25.9 Å². The van der Waals surface area contributed by atoms with Crippen molar-refractivity contribution in [3.05, 3.63) is 33.1 Å². The van der Waals surface area contributed by atoms with Gasteiger partial charge in [0.1, 0.15) is 6.54 Å². The highest BCUT2D eigenvalue weighted by Gasteiger charge is 2.21. The highest BCUT2D eigenvalue weighted by Crippen LogP contribution is 2.10. The van der Waals surface area contributed by atoms with E-state index in [1.165, 1.54) is 12.3 Å². The molecule has 2 rings (SSSR count). The minimum atomic E-state index is -0.590. The van der Waals surface area contributed by atoms with Crippen molar-refractivity contribution in [3.8, 4) is 0 Å². The van der Waals surface area contributed by atoms with Crippen molar-refractivity contribution < 1.29 is 9.90 Å². The number of aliphatic hydroxyl groups excluding tert-OH is 1. The van der Waals surface area contributed by atoms with Crippen LogP contribution in [0.2, 0.25) is 0 Å². The van der Waals surface area contributed by atoms with Crippen molar-refractivity contribution >= 4 is 5.91 Å². The minimum Gasteiger partial charge on any atom is -0.393 e. The van der Waals surface area contributed by atoms with Gasteiger partial charge in [-0.25, -0.2) is 4.79 Å². The van der Waals surface area contributed by atoms with Crippen LogP contribution in [0.4, 0.5) is 0 Å².